The summed E-state index contributed by atoms with van der Waals surface area (Å²) in [6.45, 7) is 6.75. The zero-order valence-corrected chi connectivity index (χ0v) is 37.3. The van der Waals surface area contributed by atoms with Gasteiger partial charge >= 0.3 is 18.1 Å². The van der Waals surface area contributed by atoms with Crippen molar-refractivity contribution in [3.05, 3.63) is 123 Å². The first-order valence-corrected chi connectivity index (χ1v) is 22.5. The van der Waals surface area contributed by atoms with Gasteiger partial charge in [0.2, 0.25) is 0 Å². The fraction of sp³-hybridized carbons (Fsp3) is 0.362. The second kappa shape index (κ2) is 19.3. The van der Waals surface area contributed by atoms with Crippen LogP contribution < -0.4 is 0 Å². The van der Waals surface area contributed by atoms with E-state index in [-0.39, 0.29) is 36.4 Å². The smallest absolute Gasteiger partial charge is 0.416 e. The highest BCUT2D eigenvalue weighted by molar-refractivity contribution is 7.99. The molecule has 0 spiro atoms. The Morgan fingerprint density at radius 2 is 1.51 bits per heavy atom. The van der Waals surface area contributed by atoms with Crippen LogP contribution in [0, 0.1) is 11.6 Å². The number of benzene rings is 4. The summed E-state index contributed by atoms with van der Waals surface area (Å²) < 4.78 is 77.4. The van der Waals surface area contributed by atoms with Crippen LogP contribution in [0.3, 0.4) is 0 Å². The lowest BCUT2D eigenvalue weighted by atomic mass is 9.84. The van der Waals surface area contributed by atoms with Crippen LogP contribution in [0.2, 0.25) is 5.02 Å². The number of halogens is 6. The SMILES string of the molecule is CC(C)c1cc(F)cc2c1c(Sc1ccc(Cl)cc1)c1n2CCC[C@H]1CC(=O)O.COOSc1cc(F)cc2c3c(n([C@@H](C)c4ccc(C(F)(F)F)cc4)c12)[C@@H](CC(=O)O)CCC3. The average molecular weight is 929 g/mol. The molecular formula is C47H46ClF5N2O6S2. The van der Waals surface area contributed by atoms with Gasteiger partial charge in [-0.25, -0.2) is 13.7 Å². The number of carbonyl (C=O) groups is 2. The molecule has 0 amide bonds. The number of aromatic nitrogens is 2. The lowest BCUT2D eigenvalue weighted by molar-refractivity contribution is -0.160. The minimum Gasteiger partial charge on any atom is -0.481 e. The van der Waals surface area contributed by atoms with Crippen molar-refractivity contribution < 1.29 is 51.0 Å². The fourth-order valence-electron chi connectivity index (χ4n) is 9.19. The molecule has 16 heteroatoms. The average Bonchev–Trinajstić information content (AvgIpc) is 3.73. The van der Waals surface area contributed by atoms with E-state index in [1.54, 1.807) is 23.9 Å². The highest BCUT2D eigenvalue weighted by Gasteiger charge is 2.35. The molecule has 0 radical (unpaired) electrons. The van der Waals surface area contributed by atoms with Crippen LogP contribution in [-0.2, 0) is 38.0 Å². The van der Waals surface area contributed by atoms with Crippen LogP contribution in [0.15, 0.2) is 87.5 Å². The molecule has 2 aromatic heterocycles. The van der Waals surface area contributed by atoms with Crippen molar-refractivity contribution in [1.82, 2.24) is 9.13 Å². The van der Waals surface area contributed by atoms with Gasteiger partial charge in [0, 0.05) is 55.4 Å². The van der Waals surface area contributed by atoms with Crippen LogP contribution in [0.25, 0.3) is 21.8 Å². The summed E-state index contributed by atoms with van der Waals surface area (Å²) in [6, 6.07) is 18.0. The van der Waals surface area contributed by atoms with Crippen LogP contribution in [0.1, 0.15) is 117 Å². The van der Waals surface area contributed by atoms with E-state index in [4.69, 9.17) is 15.9 Å². The Kier molecular flexibility index (Phi) is 14.2. The molecule has 1 aliphatic heterocycles. The summed E-state index contributed by atoms with van der Waals surface area (Å²) in [5.41, 5.74) is 5.01. The minimum atomic E-state index is -4.45. The van der Waals surface area contributed by atoms with E-state index in [9.17, 15) is 41.8 Å². The minimum absolute atomic E-state index is 0.0773. The quantitative estimate of drug-likeness (QED) is 0.0541. The Morgan fingerprint density at radius 3 is 2.13 bits per heavy atom. The van der Waals surface area contributed by atoms with Gasteiger partial charge in [-0.3, -0.25) is 9.59 Å². The van der Waals surface area contributed by atoms with Gasteiger partial charge in [-0.05, 0) is 122 Å². The first kappa shape index (κ1) is 46.5. The number of carboxylic acids is 2. The zero-order valence-electron chi connectivity index (χ0n) is 34.9. The molecule has 3 heterocycles. The largest absolute Gasteiger partial charge is 0.481 e. The van der Waals surface area contributed by atoms with Gasteiger partial charge in [0.1, 0.15) is 11.6 Å². The molecular weight excluding hydrogens is 883 g/mol. The van der Waals surface area contributed by atoms with Crippen molar-refractivity contribution in [2.75, 3.05) is 7.11 Å². The second-order valence-corrected chi connectivity index (χ2v) is 18.5. The highest BCUT2D eigenvalue weighted by atomic mass is 35.5. The monoisotopic (exact) mass is 928 g/mol. The third kappa shape index (κ3) is 9.92. The van der Waals surface area contributed by atoms with E-state index < -0.39 is 35.5 Å². The normalized spacial score (nSPS) is 16.7. The molecule has 8 rings (SSSR count). The molecule has 0 bridgehead atoms. The van der Waals surface area contributed by atoms with E-state index >= 15 is 0 Å². The predicted molar refractivity (Wildman–Crippen MR) is 235 cm³/mol. The summed E-state index contributed by atoms with van der Waals surface area (Å²) >= 11 is 8.50. The number of fused-ring (bicyclic) bond motifs is 6. The number of nitrogens with zero attached hydrogens (tertiary/aromatic N) is 2. The lowest BCUT2D eigenvalue weighted by Crippen LogP contribution is -2.19. The van der Waals surface area contributed by atoms with Gasteiger partial charge in [-0.2, -0.15) is 17.5 Å². The highest BCUT2D eigenvalue weighted by Crippen LogP contribution is 2.49. The number of alkyl halides is 3. The third-order valence-electron chi connectivity index (χ3n) is 11.8. The van der Waals surface area contributed by atoms with Crippen molar-refractivity contribution in [3.63, 3.8) is 0 Å². The van der Waals surface area contributed by atoms with E-state index in [1.165, 1.54) is 31.4 Å². The van der Waals surface area contributed by atoms with Crippen molar-refractivity contribution in [1.29, 1.82) is 0 Å². The maximum atomic E-state index is 14.6. The molecule has 0 saturated carbocycles. The van der Waals surface area contributed by atoms with Crippen molar-refractivity contribution in [2.24, 2.45) is 0 Å². The first-order valence-electron chi connectivity index (χ1n) is 20.6. The number of aliphatic carboxylic acids is 2. The molecule has 2 N–H and O–H groups in total. The van der Waals surface area contributed by atoms with Gasteiger partial charge in [0.15, 0.2) is 0 Å². The maximum Gasteiger partial charge on any atom is 0.416 e. The molecule has 6 aromatic rings. The fourth-order valence-corrected chi connectivity index (χ4v) is 11.1. The molecule has 0 unspecified atom stereocenters. The molecule has 1 aliphatic carbocycles. The number of hydrogen-bond acceptors (Lipinski definition) is 6. The van der Waals surface area contributed by atoms with Gasteiger partial charge < -0.3 is 19.3 Å². The molecule has 3 atom stereocenters. The topological polar surface area (TPSA) is 103 Å². The molecule has 0 fully saturated rings. The molecule has 2 aliphatic rings. The van der Waals surface area contributed by atoms with Gasteiger partial charge in [-0.15, -0.1) is 0 Å². The summed E-state index contributed by atoms with van der Waals surface area (Å²) in [6.07, 6.45) is -0.683. The molecule has 334 valence electrons. The second-order valence-electron chi connectivity index (χ2n) is 16.2. The Balaban J connectivity index is 0.000000191. The van der Waals surface area contributed by atoms with Crippen LogP contribution in [-0.4, -0.2) is 38.4 Å². The zero-order chi connectivity index (χ0) is 45.3. The summed E-state index contributed by atoms with van der Waals surface area (Å²) in [7, 11) is 1.32. The Morgan fingerprint density at radius 1 is 0.873 bits per heavy atom. The first-order chi connectivity index (χ1) is 30.0. The molecule has 0 saturated heterocycles. The van der Waals surface area contributed by atoms with Crippen molar-refractivity contribution >= 4 is 69.2 Å². The number of rotatable bonds is 12. The predicted octanol–water partition coefficient (Wildman–Crippen LogP) is 13.9. The third-order valence-corrected chi connectivity index (χ3v) is 13.9. The van der Waals surface area contributed by atoms with E-state index in [1.807, 2.05) is 35.8 Å². The lowest BCUT2D eigenvalue weighted by Gasteiger charge is -2.28. The number of carboxylic acid groups (broad SMARTS) is 2. The van der Waals surface area contributed by atoms with Gasteiger partial charge in [0.25, 0.3) is 0 Å². The van der Waals surface area contributed by atoms with Crippen molar-refractivity contribution in [3.8, 4) is 0 Å². The van der Waals surface area contributed by atoms with Gasteiger partial charge in [0.05, 0.1) is 59.5 Å². The molecule has 8 nitrogen and oxygen atoms in total. The van der Waals surface area contributed by atoms with Crippen LogP contribution in [0.4, 0.5) is 22.0 Å². The standard InChI is InChI=1S/C24H23F4NO4S.C23H23ClFNO2S/c1-13(14-6-8-16(9-7-14)24(26,27)28)29-22-15(10-21(30)31)4-3-5-18(22)19-11-17(25)12-20(23(19)29)34-33-32-2;1-13(2)18-11-16(25)12-19-21(18)23(29-17-7-5-15(24)6-8-17)22-14(10-20(27)28)4-3-9-26(19)22/h6-9,11-13,15H,3-5,10H2,1-2H3,(H,30,31);5-8,11-14H,3-4,9-10H2,1-2H3,(H,27,28)/t13-,15+;14-/m00/s1. The summed E-state index contributed by atoms with van der Waals surface area (Å²) in [4.78, 5) is 30.4. The Hall–Kier alpha value is -4.54. The summed E-state index contributed by atoms with van der Waals surface area (Å²) in [5.74, 6) is -2.70. The van der Waals surface area contributed by atoms with E-state index in [2.05, 4.69) is 23.3 Å². The maximum absolute atomic E-state index is 14.6. The number of aryl methyl sites for hydroxylation is 2. The Labute approximate surface area is 374 Å². The Bertz CT molecular complexity index is 2650. The number of hydrogen-bond donors (Lipinski definition) is 2. The van der Waals surface area contributed by atoms with Crippen LogP contribution in [0.5, 0.6) is 0 Å². The molecule has 63 heavy (non-hydrogen) atoms. The molecule has 4 aromatic carbocycles. The van der Waals surface area contributed by atoms with E-state index in [0.29, 0.717) is 39.2 Å². The van der Waals surface area contributed by atoms with Crippen LogP contribution >= 0.6 is 35.4 Å². The van der Waals surface area contributed by atoms with Gasteiger partial charge in [-0.1, -0.05) is 49.3 Å². The van der Waals surface area contributed by atoms with Crippen molar-refractivity contribution in [2.45, 2.75) is 117 Å². The summed E-state index contributed by atoms with van der Waals surface area (Å²) in [5, 5.41) is 21.4. The van der Waals surface area contributed by atoms with E-state index in [0.717, 1.165) is 93.2 Å².